The Morgan fingerprint density at radius 2 is 1.32 bits per heavy atom. The van der Waals surface area contributed by atoms with Crippen LogP contribution in [0.1, 0.15) is 76.5 Å². The highest BCUT2D eigenvalue weighted by Gasteiger charge is 2.25. The molecule has 6 heteroatoms. The maximum Gasteiger partial charge on any atom is 0.124 e. The van der Waals surface area contributed by atoms with E-state index in [1.54, 1.807) is 6.20 Å². The number of H-pyrrole nitrogens is 2. The van der Waals surface area contributed by atoms with Gasteiger partial charge < -0.3 is 21.4 Å². The van der Waals surface area contributed by atoms with E-state index in [2.05, 4.69) is 104 Å². The standard InChI is InChI=1S/C28H34N6/c1-27(2,3)23(29)25-31-15-21(33-25)12-8-17-7-9-19-14-20(11-10-18(19)13-17)22-16-32-26(34-22)24(30)28(4,5)6/h7,9-11,13-16,23-24H,29-30H2,1-6H3,(H,31,33)(H,32,34)/t23?,24-/m1/s1. The lowest BCUT2D eigenvalue weighted by atomic mass is 9.87. The van der Waals surface area contributed by atoms with E-state index >= 15 is 0 Å². The SMILES string of the molecule is CC(C)(C)C(N)c1ncc(C#Cc2ccc3cc(-c4cnc([C@@H](N)C(C)(C)C)[nH]4)ccc3c2)[nH]1. The van der Waals surface area contributed by atoms with Crippen molar-refractivity contribution >= 4 is 10.8 Å². The molecular formula is C28H34N6. The van der Waals surface area contributed by atoms with Gasteiger partial charge in [-0.3, -0.25) is 0 Å². The Morgan fingerprint density at radius 1 is 0.735 bits per heavy atom. The molecule has 2 heterocycles. The van der Waals surface area contributed by atoms with Crippen molar-refractivity contribution < 1.29 is 0 Å². The molecular weight excluding hydrogens is 420 g/mol. The highest BCUT2D eigenvalue weighted by molar-refractivity contribution is 5.88. The van der Waals surface area contributed by atoms with Crippen LogP contribution in [0.5, 0.6) is 0 Å². The Hall–Kier alpha value is -3.40. The number of hydrogen-bond acceptors (Lipinski definition) is 4. The van der Waals surface area contributed by atoms with Crippen LogP contribution in [0.3, 0.4) is 0 Å². The van der Waals surface area contributed by atoms with Crippen LogP contribution in [0, 0.1) is 22.7 Å². The lowest BCUT2D eigenvalue weighted by Gasteiger charge is -2.25. The smallest absolute Gasteiger partial charge is 0.124 e. The molecule has 4 rings (SSSR count). The zero-order valence-corrected chi connectivity index (χ0v) is 20.8. The Labute approximate surface area is 201 Å². The van der Waals surface area contributed by atoms with E-state index in [9.17, 15) is 0 Å². The van der Waals surface area contributed by atoms with Crippen molar-refractivity contribution in [3.05, 3.63) is 71.7 Å². The number of imidazole rings is 2. The van der Waals surface area contributed by atoms with Crippen LogP contribution in [-0.4, -0.2) is 19.9 Å². The molecule has 4 aromatic rings. The molecule has 2 aromatic carbocycles. The molecule has 0 amide bonds. The normalized spacial score (nSPS) is 14.0. The van der Waals surface area contributed by atoms with Gasteiger partial charge in [-0.2, -0.15) is 0 Å². The number of fused-ring (bicyclic) bond motifs is 1. The fraction of sp³-hybridized carbons (Fsp3) is 0.357. The molecule has 0 bridgehead atoms. The van der Waals surface area contributed by atoms with E-state index in [0.717, 1.165) is 44.9 Å². The second-order valence-electron chi connectivity index (χ2n) is 11.1. The van der Waals surface area contributed by atoms with Gasteiger partial charge in [0.15, 0.2) is 0 Å². The minimum absolute atomic E-state index is 0.0632. The summed E-state index contributed by atoms with van der Waals surface area (Å²) in [6.07, 6.45) is 3.59. The summed E-state index contributed by atoms with van der Waals surface area (Å²) in [6, 6.07) is 12.2. The van der Waals surface area contributed by atoms with E-state index in [4.69, 9.17) is 11.5 Å². The second-order valence-corrected chi connectivity index (χ2v) is 11.1. The molecule has 0 fully saturated rings. The highest BCUT2D eigenvalue weighted by atomic mass is 15.0. The van der Waals surface area contributed by atoms with Gasteiger partial charge in [0.1, 0.15) is 17.3 Å². The predicted molar refractivity (Wildman–Crippen MR) is 139 cm³/mol. The van der Waals surface area contributed by atoms with Gasteiger partial charge in [-0.15, -0.1) is 0 Å². The van der Waals surface area contributed by atoms with Crippen LogP contribution in [0.4, 0.5) is 0 Å². The van der Waals surface area contributed by atoms with Crippen molar-refractivity contribution in [2.45, 2.75) is 53.6 Å². The molecule has 0 aliphatic heterocycles. The van der Waals surface area contributed by atoms with E-state index in [-0.39, 0.29) is 22.9 Å². The van der Waals surface area contributed by atoms with Crippen LogP contribution >= 0.6 is 0 Å². The van der Waals surface area contributed by atoms with Gasteiger partial charge in [0.2, 0.25) is 0 Å². The Bertz CT molecular complexity index is 1370. The number of aromatic nitrogens is 4. The Balaban J connectivity index is 1.55. The molecule has 2 aromatic heterocycles. The lowest BCUT2D eigenvalue weighted by molar-refractivity contribution is 0.316. The van der Waals surface area contributed by atoms with Gasteiger partial charge >= 0.3 is 0 Å². The van der Waals surface area contributed by atoms with Crippen LogP contribution in [0.2, 0.25) is 0 Å². The molecule has 0 saturated carbocycles. The zero-order chi connectivity index (χ0) is 24.7. The van der Waals surface area contributed by atoms with Crippen molar-refractivity contribution in [3.63, 3.8) is 0 Å². The second kappa shape index (κ2) is 8.75. The number of rotatable bonds is 3. The van der Waals surface area contributed by atoms with E-state index in [1.807, 2.05) is 12.3 Å². The summed E-state index contributed by atoms with van der Waals surface area (Å²) < 4.78 is 0. The van der Waals surface area contributed by atoms with Crippen LogP contribution in [0.15, 0.2) is 48.8 Å². The van der Waals surface area contributed by atoms with Crippen molar-refractivity contribution in [1.82, 2.24) is 19.9 Å². The largest absolute Gasteiger partial charge is 0.341 e. The molecule has 176 valence electrons. The average Bonchev–Trinajstić information content (AvgIpc) is 3.45. The van der Waals surface area contributed by atoms with Crippen molar-refractivity contribution in [1.29, 1.82) is 0 Å². The van der Waals surface area contributed by atoms with E-state index < -0.39 is 0 Å². The maximum absolute atomic E-state index is 6.36. The lowest BCUT2D eigenvalue weighted by Crippen LogP contribution is -2.27. The number of nitrogens with two attached hydrogens (primary N) is 2. The number of nitrogens with zero attached hydrogens (tertiary/aromatic N) is 2. The molecule has 34 heavy (non-hydrogen) atoms. The van der Waals surface area contributed by atoms with Gasteiger partial charge in [0.25, 0.3) is 0 Å². The van der Waals surface area contributed by atoms with Gasteiger partial charge in [-0.25, -0.2) is 9.97 Å². The third kappa shape index (κ3) is 5.06. The zero-order valence-electron chi connectivity index (χ0n) is 20.8. The molecule has 0 aliphatic rings. The minimum atomic E-state index is -0.173. The number of benzene rings is 2. The molecule has 1 unspecified atom stereocenters. The number of aromatic amines is 2. The van der Waals surface area contributed by atoms with E-state index in [0.29, 0.717) is 0 Å². The first-order chi connectivity index (χ1) is 15.9. The topological polar surface area (TPSA) is 109 Å². The number of hydrogen-bond donors (Lipinski definition) is 4. The molecule has 2 atom stereocenters. The third-order valence-corrected chi connectivity index (χ3v) is 6.14. The van der Waals surface area contributed by atoms with Crippen LogP contribution in [-0.2, 0) is 0 Å². The monoisotopic (exact) mass is 454 g/mol. The highest BCUT2D eigenvalue weighted by Crippen LogP contribution is 2.31. The fourth-order valence-corrected chi connectivity index (χ4v) is 3.65. The summed E-state index contributed by atoms with van der Waals surface area (Å²) in [4.78, 5) is 15.6. The van der Waals surface area contributed by atoms with Gasteiger partial charge in [-0.05, 0) is 45.7 Å². The summed E-state index contributed by atoms with van der Waals surface area (Å²) in [7, 11) is 0. The molecule has 0 spiro atoms. The summed E-state index contributed by atoms with van der Waals surface area (Å²) in [5, 5.41) is 2.26. The molecule has 0 aliphatic carbocycles. The summed E-state index contributed by atoms with van der Waals surface area (Å²) >= 11 is 0. The molecule has 6 N–H and O–H groups in total. The first-order valence-electron chi connectivity index (χ1n) is 11.6. The van der Waals surface area contributed by atoms with Crippen LogP contribution in [0.25, 0.3) is 22.0 Å². The Kier molecular flexibility index (Phi) is 6.11. The van der Waals surface area contributed by atoms with Gasteiger partial charge in [0, 0.05) is 11.1 Å². The van der Waals surface area contributed by atoms with E-state index in [1.165, 1.54) is 0 Å². The maximum atomic E-state index is 6.36. The van der Waals surface area contributed by atoms with Crippen molar-refractivity contribution in [2.24, 2.45) is 22.3 Å². The van der Waals surface area contributed by atoms with Crippen molar-refractivity contribution in [2.75, 3.05) is 0 Å². The molecule has 0 saturated heterocycles. The minimum Gasteiger partial charge on any atom is -0.341 e. The summed E-state index contributed by atoms with van der Waals surface area (Å²) in [6.45, 7) is 12.6. The first kappa shape index (κ1) is 23.7. The predicted octanol–water partition coefficient (Wildman–Crippen LogP) is 5.44. The molecule has 0 radical (unpaired) electrons. The molecule has 6 nitrogen and oxygen atoms in total. The quantitative estimate of drug-likeness (QED) is 0.309. The number of nitrogens with one attached hydrogen (secondary N) is 2. The van der Waals surface area contributed by atoms with Gasteiger partial charge in [-0.1, -0.05) is 65.7 Å². The Morgan fingerprint density at radius 3 is 2.00 bits per heavy atom. The summed E-state index contributed by atoms with van der Waals surface area (Å²) in [5.74, 6) is 7.96. The summed E-state index contributed by atoms with van der Waals surface area (Å²) in [5.41, 5.74) is 16.2. The van der Waals surface area contributed by atoms with Gasteiger partial charge in [0.05, 0.1) is 30.2 Å². The third-order valence-electron chi connectivity index (χ3n) is 6.14. The van der Waals surface area contributed by atoms with Crippen LogP contribution < -0.4 is 11.5 Å². The first-order valence-corrected chi connectivity index (χ1v) is 11.6. The average molecular weight is 455 g/mol. The van der Waals surface area contributed by atoms with Crippen molar-refractivity contribution in [3.8, 4) is 23.1 Å². The fourth-order valence-electron chi connectivity index (χ4n) is 3.65.